The molecule has 28 heavy (non-hydrogen) atoms. The highest BCUT2D eigenvalue weighted by Gasteiger charge is 2.39. The van der Waals surface area contributed by atoms with Crippen molar-refractivity contribution in [2.75, 3.05) is 14.2 Å². The monoisotopic (exact) mass is 377 g/mol. The van der Waals surface area contributed by atoms with Crippen LogP contribution in [0.5, 0.6) is 11.5 Å². The smallest absolute Gasteiger partial charge is 0.193 e. The summed E-state index contributed by atoms with van der Waals surface area (Å²) in [5.74, 6) is 1.49. The molecule has 0 spiro atoms. The summed E-state index contributed by atoms with van der Waals surface area (Å²) in [6, 6.07) is 25.1. The number of hydrogen-bond donors (Lipinski definition) is 0. The molecule has 0 amide bonds. The zero-order chi connectivity index (χ0) is 20.0. The molecule has 0 N–H and O–H groups in total. The maximum Gasteiger partial charge on any atom is 0.193 e. The normalized spacial score (nSPS) is 12.4. The van der Waals surface area contributed by atoms with Crippen LogP contribution in [0.1, 0.15) is 30.0 Å². The second kappa shape index (κ2) is 8.91. The molecule has 0 fully saturated rings. The molecule has 145 valence electrons. The van der Waals surface area contributed by atoms with E-state index in [9.17, 15) is 5.11 Å². The van der Waals surface area contributed by atoms with Crippen molar-refractivity contribution in [2.45, 2.75) is 25.2 Å². The third-order valence-corrected chi connectivity index (χ3v) is 4.81. The highest BCUT2D eigenvalue weighted by molar-refractivity contribution is 5.49. The first kappa shape index (κ1) is 19.9. The van der Waals surface area contributed by atoms with E-state index < -0.39 is 11.9 Å². The lowest BCUT2D eigenvalue weighted by atomic mass is 9.80. The van der Waals surface area contributed by atoms with Crippen LogP contribution in [0.4, 0.5) is 0 Å². The first-order valence-corrected chi connectivity index (χ1v) is 9.32. The van der Waals surface area contributed by atoms with Crippen LogP contribution in [0, 0.1) is 0 Å². The van der Waals surface area contributed by atoms with Crippen molar-refractivity contribution in [1.29, 1.82) is 0 Å². The van der Waals surface area contributed by atoms with Crippen molar-refractivity contribution in [3.8, 4) is 11.5 Å². The zero-order valence-electron chi connectivity index (χ0n) is 16.4. The van der Waals surface area contributed by atoms with E-state index >= 15 is 0 Å². The lowest BCUT2D eigenvalue weighted by Gasteiger charge is -2.37. The van der Waals surface area contributed by atoms with Crippen LogP contribution < -0.4 is 9.47 Å². The second-order valence-corrected chi connectivity index (χ2v) is 6.46. The van der Waals surface area contributed by atoms with Gasteiger partial charge in [0.2, 0.25) is 0 Å². The van der Waals surface area contributed by atoms with Gasteiger partial charge in [-0.25, -0.2) is 5.11 Å². The summed E-state index contributed by atoms with van der Waals surface area (Å²) in [5.41, 5.74) is 1.57. The molecule has 0 heterocycles. The first-order chi connectivity index (χ1) is 13.6. The summed E-state index contributed by atoms with van der Waals surface area (Å²) in [7, 11) is 3.26. The van der Waals surface area contributed by atoms with Crippen LogP contribution in [0.25, 0.3) is 0 Å². The molecule has 0 aliphatic carbocycles. The maximum atomic E-state index is 12.6. The molecule has 0 aliphatic heterocycles. The topological polar surface area (TPSA) is 47.6 Å². The van der Waals surface area contributed by atoms with Gasteiger partial charge < -0.3 is 14.2 Å². The molecule has 0 aromatic heterocycles. The fraction of sp³-hybridized carbons (Fsp3) is 0.250. The van der Waals surface area contributed by atoms with E-state index in [1.807, 2.05) is 85.8 Å². The van der Waals surface area contributed by atoms with Gasteiger partial charge in [0, 0.05) is 0 Å². The fourth-order valence-electron chi connectivity index (χ4n) is 3.31. The van der Waals surface area contributed by atoms with E-state index in [0.29, 0.717) is 6.42 Å². The van der Waals surface area contributed by atoms with Gasteiger partial charge in [-0.15, -0.1) is 0 Å². The van der Waals surface area contributed by atoms with Gasteiger partial charge in [0.1, 0.15) is 17.1 Å². The average molecular weight is 377 g/mol. The Bertz CT molecular complexity index is 810. The predicted octanol–water partition coefficient (Wildman–Crippen LogP) is 5.18. The SMILES string of the molecule is CCC([O])OC(c1ccccc1)(c1ccc(OC)cc1)c1ccc(OC)cc1. The minimum Gasteiger partial charge on any atom is -0.497 e. The largest absolute Gasteiger partial charge is 0.497 e. The molecule has 3 aromatic rings. The summed E-state index contributed by atoms with van der Waals surface area (Å²) < 4.78 is 16.9. The van der Waals surface area contributed by atoms with Gasteiger partial charge in [-0.1, -0.05) is 61.5 Å². The van der Waals surface area contributed by atoms with E-state index in [-0.39, 0.29) is 0 Å². The molecule has 4 heteroatoms. The summed E-state index contributed by atoms with van der Waals surface area (Å²) in [6.45, 7) is 1.83. The van der Waals surface area contributed by atoms with E-state index in [0.717, 1.165) is 28.2 Å². The molecule has 0 saturated heterocycles. The zero-order valence-corrected chi connectivity index (χ0v) is 16.4. The Hall–Kier alpha value is -2.82. The minimum atomic E-state index is -1.18. The van der Waals surface area contributed by atoms with E-state index in [4.69, 9.17) is 14.2 Å². The fourth-order valence-corrected chi connectivity index (χ4v) is 3.31. The number of benzene rings is 3. The van der Waals surface area contributed by atoms with Gasteiger partial charge in [-0.05, 0) is 47.4 Å². The molecule has 0 aliphatic rings. The van der Waals surface area contributed by atoms with Crippen molar-refractivity contribution in [3.63, 3.8) is 0 Å². The minimum absolute atomic E-state index is 0.362. The van der Waals surface area contributed by atoms with Gasteiger partial charge in [0.05, 0.1) is 14.2 Å². The number of hydrogen-bond acceptors (Lipinski definition) is 3. The van der Waals surface area contributed by atoms with Crippen molar-refractivity contribution < 1.29 is 19.3 Å². The highest BCUT2D eigenvalue weighted by atomic mass is 16.6. The van der Waals surface area contributed by atoms with Gasteiger partial charge in [0.15, 0.2) is 6.29 Å². The van der Waals surface area contributed by atoms with Crippen molar-refractivity contribution in [2.24, 2.45) is 0 Å². The van der Waals surface area contributed by atoms with Crippen LogP contribution in [-0.2, 0) is 15.4 Å². The van der Waals surface area contributed by atoms with Crippen molar-refractivity contribution in [3.05, 3.63) is 95.6 Å². The average Bonchev–Trinajstić information content (AvgIpc) is 2.78. The third-order valence-electron chi connectivity index (χ3n) is 4.81. The third kappa shape index (κ3) is 3.88. The molecule has 1 unspecified atom stereocenters. The van der Waals surface area contributed by atoms with Gasteiger partial charge in [-0.2, -0.15) is 0 Å². The molecule has 0 saturated carbocycles. The van der Waals surface area contributed by atoms with Crippen LogP contribution in [-0.4, -0.2) is 20.5 Å². The quantitative estimate of drug-likeness (QED) is 0.401. The van der Waals surface area contributed by atoms with E-state index in [1.54, 1.807) is 14.2 Å². The Morgan fingerprint density at radius 2 is 1.14 bits per heavy atom. The number of ether oxygens (including phenoxy) is 3. The van der Waals surface area contributed by atoms with Crippen LogP contribution in [0.15, 0.2) is 78.9 Å². The second-order valence-electron chi connectivity index (χ2n) is 6.46. The van der Waals surface area contributed by atoms with Crippen LogP contribution >= 0.6 is 0 Å². The van der Waals surface area contributed by atoms with E-state index in [1.165, 1.54) is 0 Å². The van der Waals surface area contributed by atoms with Gasteiger partial charge in [0.25, 0.3) is 0 Å². The molecule has 1 radical (unpaired) electrons. The Kier molecular flexibility index (Phi) is 6.34. The van der Waals surface area contributed by atoms with Crippen molar-refractivity contribution >= 4 is 0 Å². The maximum absolute atomic E-state index is 12.6. The predicted molar refractivity (Wildman–Crippen MR) is 108 cm³/mol. The summed E-state index contributed by atoms with van der Waals surface area (Å²) in [4.78, 5) is 0. The van der Waals surface area contributed by atoms with Crippen LogP contribution in [0.3, 0.4) is 0 Å². The highest BCUT2D eigenvalue weighted by Crippen LogP contribution is 2.42. The lowest BCUT2D eigenvalue weighted by molar-refractivity contribution is -0.191. The Morgan fingerprint density at radius 3 is 1.54 bits per heavy atom. The standard InChI is InChI=1S/C24H25O4/c1-4-23(25)28-24(18-8-6-5-7-9-18,19-10-14-21(26-2)15-11-19)20-12-16-22(27-3)17-13-20/h5-17,23H,4H2,1-3H3. The molecular formula is C24H25O4. The van der Waals surface area contributed by atoms with Gasteiger partial charge >= 0.3 is 0 Å². The van der Waals surface area contributed by atoms with Crippen molar-refractivity contribution in [1.82, 2.24) is 0 Å². The molecule has 4 nitrogen and oxygen atoms in total. The van der Waals surface area contributed by atoms with Crippen LogP contribution in [0.2, 0.25) is 0 Å². The molecule has 3 aromatic carbocycles. The van der Waals surface area contributed by atoms with Gasteiger partial charge in [-0.3, -0.25) is 0 Å². The molecule has 0 bridgehead atoms. The number of rotatable bonds is 8. The summed E-state index contributed by atoms with van der Waals surface area (Å²) in [6.07, 6.45) is -0.814. The number of methoxy groups -OCH3 is 2. The summed E-state index contributed by atoms with van der Waals surface area (Å²) >= 11 is 0. The lowest BCUT2D eigenvalue weighted by Crippen LogP contribution is -2.36. The summed E-state index contributed by atoms with van der Waals surface area (Å²) in [5, 5.41) is 12.6. The molecule has 1 atom stereocenters. The molecular weight excluding hydrogens is 352 g/mol. The Morgan fingerprint density at radius 1 is 0.714 bits per heavy atom. The Labute approximate surface area is 166 Å². The van der Waals surface area contributed by atoms with E-state index in [2.05, 4.69) is 0 Å². The Balaban J connectivity index is 2.26. The molecule has 3 rings (SSSR count). The first-order valence-electron chi connectivity index (χ1n) is 9.32.